The Hall–Kier alpha value is -3.12. The summed E-state index contributed by atoms with van der Waals surface area (Å²) in [4.78, 5) is 15.3. The highest BCUT2D eigenvalue weighted by Gasteiger charge is 2.28. The molecule has 1 aliphatic heterocycles. The van der Waals surface area contributed by atoms with Crippen molar-refractivity contribution in [3.05, 3.63) is 89.6 Å². The summed E-state index contributed by atoms with van der Waals surface area (Å²) < 4.78 is 4.20. The van der Waals surface area contributed by atoms with Crippen molar-refractivity contribution in [1.29, 1.82) is 0 Å². The smallest absolute Gasteiger partial charge is 0.223 e. The fraction of sp³-hybridized carbons (Fsp3) is 0.320. The van der Waals surface area contributed by atoms with E-state index in [2.05, 4.69) is 19.2 Å². The highest BCUT2D eigenvalue weighted by Crippen LogP contribution is 2.29. The fourth-order valence-corrected chi connectivity index (χ4v) is 4.76. The molecule has 1 atom stereocenters. The van der Waals surface area contributed by atoms with Gasteiger partial charge in [0.15, 0.2) is 5.65 Å². The lowest BCUT2D eigenvalue weighted by molar-refractivity contribution is -0.132. The maximum Gasteiger partial charge on any atom is 0.223 e. The van der Waals surface area contributed by atoms with Gasteiger partial charge in [0, 0.05) is 61.5 Å². The molecule has 5 rings (SSSR count). The molecule has 4 aromatic rings. The number of hydrogen-bond donors (Lipinski definition) is 0. The van der Waals surface area contributed by atoms with Crippen LogP contribution in [0.25, 0.3) is 5.65 Å². The number of pyridine rings is 1. The molecule has 0 aliphatic carbocycles. The molecule has 164 valence electrons. The van der Waals surface area contributed by atoms with Crippen LogP contribution in [0.3, 0.4) is 0 Å². The molecule has 0 bridgehead atoms. The summed E-state index contributed by atoms with van der Waals surface area (Å²) in [5.74, 6) is 1.63. The van der Waals surface area contributed by atoms with Crippen molar-refractivity contribution in [3.63, 3.8) is 0 Å². The first-order valence-corrected chi connectivity index (χ1v) is 11.5. The van der Waals surface area contributed by atoms with Crippen LogP contribution in [-0.2, 0) is 11.3 Å². The lowest BCUT2D eigenvalue weighted by atomic mass is 9.92. The molecule has 6 nitrogen and oxygen atoms in total. The minimum atomic E-state index is 0.102. The Kier molecular flexibility index (Phi) is 5.95. The van der Waals surface area contributed by atoms with Crippen molar-refractivity contribution in [3.8, 4) is 0 Å². The molecule has 0 spiro atoms. The van der Waals surface area contributed by atoms with Gasteiger partial charge in [-0.3, -0.25) is 9.20 Å². The van der Waals surface area contributed by atoms with E-state index < -0.39 is 0 Å². The maximum absolute atomic E-state index is 13.2. The van der Waals surface area contributed by atoms with Crippen molar-refractivity contribution in [2.24, 2.45) is 0 Å². The van der Waals surface area contributed by atoms with E-state index in [0.717, 1.165) is 49.5 Å². The Morgan fingerprint density at radius 3 is 2.44 bits per heavy atom. The first-order valence-electron chi connectivity index (χ1n) is 11.1. The molecule has 1 amide bonds. The van der Waals surface area contributed by atoms with E-state index in [1.807, 2.05) is 78.1 Å². The lowest BCUT2D eigenvalue weighted by Crippen LogP contribution is -2.39. The van der Waals surface area contributed by atoms with Crippen molar-refractivity contribution in [2.75, 3.05) is 13.1 Å². The van der Waals surface area contributed by atoms with Gasteiger partial charge in [-0.25, -0.2) is 0 Å². The van der Waals surface area contributed by atoms with Crippen LogP contribution in [0.2, 0.25) is 5.02 Å². The molecule has 3 aromatic heterocycles. The quantitative estimate of drug-likeness (QED) is 0.428. The molecule has 7 heteroatoms. The highest BCUT2D eigenvalue weighted by molar-refractivity contribution is 6.30. The third-order valence-electron chi connectivity index (χ3n) is 6.41. The van der Waals surface area contributed by atoms with E-state index in [1.54, 1.807) is 0 Å². The molecule has 32 heavy (non-hydrogen) atoms. The standard InChI is InChI=1S/C25H26ClN5O/c26-22-8-6-19(7-9-22)21(18-29-12-3-4-13-29)17-24(32)30-15-10-20(11-16-30)25-28-27-23-5-1-2-14-31(23)25/h1-9,12-14,20-21H,10-11,15-18H2/t21-/m0/s1. The Labute approximate surface area is 192 Å². The number of piperidine rings is 1. The lowest BCUT2D eigenvalue weighted by Gasteiger charge is -2.32. The zero-order chi connectivity index (χ0) is 21.9. The van der Waals surface area contributed by atoms with Crippen molar-refractivity contribution in [1.82, 2.24) is 24.1 Å². The van der Waals surface area contributed by atoms with Crippen LogP contribution in [0.15, 0.2) is 73.2 Å². The summed E-state index contributed by atoms with van der Waals surface area (Å²) >= 11 is 6.09. The predicted octanol–water partition coefficient (Wildman–Crippen LogP) is 4.76. The van der Waals surface area contributed by atoms with E-state index in [0.29, 0.717) is 17.4 Å². The number of amides is 1. The summed E-state index contributed by atoms with van der Waals surface area (Å²) in [7, 11) is 0. The fourth-order valence-electron chi connectivity index (χ4n) is 4.63. The second kappa shape index (κ2) is 9.17. The first-order chi connectivity index (χ1) is 15.7. The average molecular weight is 448 g/mol. The third kappa shape index (κ3) is 4.41. The Bertz CT molecular complexity index is 1180. The Morgan fingerprint density at radius 2 is 1.69 bits per heavy atom. The zero-order valence-electron chi connectivity index (χ0n) is 17.8. The van der Waals surface area contributed by atoms with Crippen molar-refractivity contribution < 1.29 is 4.79 Å². The zero-order valence-corrected chi connectivity index (χ0v) is 18.6. The van der Waals surface area contributed by atoms with Crippen LogP contribution in [0.1, 0.15) is 42.5 Å². The van der Waals surface area contributed by atoms with Gasteiger partial charge in [0.1, 0.15) is 5.82 Å². The normalized spacial score (nSPS) is 15.8. The molecular weight excluding hydrogens is 422 g/mol. The average Bonchev–Trinajstić information content (AvgIpc) is 3.49. The van der Waals surface area contributed by atoms with Crippen LogP contribution in [0.4, 0.5) is 0 Å². The second-order valence-corrected chi connectivity index (χ2v) is 8.91. The summed E-state index contributed by atoms with van der Waals surface area (Å²) in [6.07, 6.45) is 8.40. The molecule has 1 fully saturated rings. The van der Waals surface area contributed by atoms with E-state index in [1.165, 1.54) is 0 Å². The van der Waals surface area contributed by atoms with Gasteiger partial charge >= 0.3 is 0 Å². The number of rotatable bonds is 6. The number of carbonyl (C=O) groups is 1. The number of likely N-dealkylation sites (tertiary alicyclic amines) is 1. The molecule has 1 aromatic carbocycles. The van der Waals surface area contributed by atoms with Gasteiger partial charge in [-0.15, -0.1) is 10.2 Å². The molecule has 4 heterocycles. The summed E-state index contributed by atoms with van der Waals surface area (Å²) in [6.45, 7) is 2.27. The van der Waals surface area contributed by atoms with Gasteiger partial charge in [-0.2, -0.15) is 0 Å². The monoisotopic (exact) mass is 447 g/mol. The van der Waals surface area contributed by atoms with Crippen LogP contribution in [-0.4, -0.2) is 43.1 Å². The number of halogens is 1. The van der Waals surface area contributed by atoms with E-state index >= 15 is 0 Å². The Balaban J connectivity index is 1.25. The van der Waals surface area contributed by atoms with Gasteiger partial charge in [-0.05, 0) is 54.8 Å². The number of nitrogens with zero attached hydrogens (tertiary/aromatic N) is 5. The number of hydrogen-bond acceptors (Lipinski definition) is 3. The summed E-state index contributed by atoms with van der Waals surface area (Å²) in [5, 5.41) is 9.42. The molecule has 1 saturated heterocycles. The second-order valence-electron chi connectivity index (χ2n) is 8.47. The van der Waals surface area contributed by atoms with Crippen LogP contribution in [0, 0.1) is 0 Å². The van der Waals surface area contributed by atoms with Crippen LogP contribution >= 0.6 is 11.6 Å². The molecule has 0 unspecified atom stereocenters. The van der Waals surface area contributed by atoms with E-state index in [-0.39, 0.29) is 11.8 Å². The first kappa shape index (κ1) is 20.8. The van der Waals surface area contributed by atoms with Gasteiger partial charge in [0.05, 0.1) is 0 Å². The minimum absolute atomic E-state index is 0.102. The van der Waals surface area contributed by atoms with Crippen LogP contribution in [0.5, 0.6) is 0 Å². The highest BCUT2D eigenvalue weighted by atomic mass is 35.5. The third-order valence-corrected chi connectivity index (χ3v) is 6.66. The molecular formula is C25H26ClN5O. The van der Waals surface area contributed by atoms with E-state index in [9.17, 15) is 4.79 Å². The molecule has 0 radical (unpaired) electrons. The number of fused-ring (bicyclic) bond motifs is 1. The van der Waals surface area contributed by atoms with Gasteiger partial charge in [0.2, 0.25) is 5.91 Å². The van der Waals surface area contributed by atoms with Crippen molar-refractivity contribution >= 4 is 23.2 Å². The number of benzene rings is 1. The van der Waals surface area contributed by atoms with Crippen molar-refractivity contribution in [2.45, 2.75) is 37.6 Å². The summed E-state index contributed by atoms with van der Waals surface area (Å²) in [6, 6.07) is 17.8. The largest absolute Gasteiger partial charge is 0.354 e. The van der Waals surface area contributed by atoms with Gasteiger partial charge in [0.25, 0.3) is 0 Å². The topological polar surface area (TPSA) is 55.4 Å². The minimum Gasteiger partial charge on any atom is -0.354 e. The maximum atomic E-state index is 13.2. The number of aromatic nitrogens is 4. The molecule has 1 aliphatic rings. The Morgan fingerprint density at radius 1 is 0.969 bits per heavy atom. The SMILES string of the molecule is O=C(C[C@@H](Cn1cccc1)c1ccc(Cl)cc1)N1CCC(c2nnc3ccccn23)CC1. The predicted molar refractivity (Wildman–Crippen MR) is 125 cm³/mol. The molecule has 0 N–H and O–H groups in total. The van der Waals surface area contributed by atoms with Gasteiger partial charge < -0.3 is 9.47 Å². The van der Waals surface area contributed by atoms with Gasteiger partial charge in [-0.1, -0.05) is 29.8 Å². The van der Waals surface area contributed by atoms with Crippen LogP contribution < -0.4 is 0 Å². The van der Waals surface area contributed by atoms with E-state index in [4.69, 9.17) is 11.6 Å². The molecule has 0 saturated carbocycles. The number of carbonyl (C=O) groups excluding carboxylic acids is 1. The summed E-state index contributed by atoms with van der Waals surface area (Å²) in [5.41, 5.74) is 2.01.